The summed E-state index contributed by atoms with van der Waals surface area (Å²) in [5, 5.41) is 9.46. The Hall–Kier alpha value is -1.42. The molecule has 0 spiro atoms. The van der Waals surface area contributed by atoms with E-state index in [1.165, 1.54) is 0 Å². The molecule has 4 nitrogen and oxygen atoms in total. The molecule has 4 heteroatoms. The normalized spacial score (nSPS) is 17.8. The maximum atomic E-state index is 11.5. The molecule has 1 fully saturated rings. The van der Waals surface area contributed by atoms with E-state index in [0.717, 1.165) is 44.3 Å². The first-order valence-electron chi connectivity index (χ1n) is 6.94. The van der Waals surface area contributed by atoms with Crippen molar-refractivity contribution in [1.29, 1.82) is 0 Å². The molecule has 0 bridgehead atoms. The number of carbonyl (C=O) groups is 1. The zero-order chi connectivity index (χ0) is 13.7. The molecule has 1 heterocycles. The highest BCUT2D eigenvalue weighted by atomic mass is 16.4. The predicted octanol–water partition coefficient (Wildman–Crippen LogP) is 2.20. The van der Waals surface area contributed by atoms with Crippen molar-refractivity contribution in [2.45, 2.75) is 32.1 Å². The van der Waals surface area contributed by atoms with Crippen molar-refractivity contribution in [3.63, 3.8) is 0 Å². The lowest BCUT2D eigenvalue weighted by Gasteiger charge is -2.29. The number of aliphatic carboxylic acids is 1. The van der Waals surface area contributed by atoms with Crippen LogP contribution < -0.4 is 0 Å². The summed E-state index contributed by atoms with van der Waals surface area (Å²) >= 11 is 0. The van der Waals surface area contributed by atoms with Gasteiger partial charge in [0.2, 0.25) is 0 Å². The molecule has 0 radical (unpaired) electrons. The van der Waals surface area contributed by atoms with E-state index in [-0.39, 0.29) is 0 Å². The second kappa shape index (κ2) is 6.15. The van der Waals surface area contributed by atoms with E-state index in [9.17, 15) is 9.90 Å². The molecule has 2 rings (SSSR count). The Morgan fingerprint density at radius 2 is 2.16 bits per heavy atom. The van der Waals surface area contributed by atoms with Gasteiger partial charge in [-0.15, -0.1) is 0 Å². The summed E-state index contributed by atoms with van der Waals surface area (Å²) < 4.78 is 0. The molecule has 1 aromatic rings. The Balaban J connectivity index is 1.86. The summed E-state index contributed by atoms with van der Waals surface area (Å²) in [6, 6.07) is 5.90. The van der Waals surface area contributed by atoms with Crippen molar-refractivity contribution in [3.05, 3.63) is 30.1 Å². The molecular formula is C15H22N2O2. The Morgan fingerprint density at radius 1 is 1.42 bits per heavy atom. The number of carboxylic acid groups (broad SMARTS) is 1. The van der Waals surface area contributed by atoms with Crippen LogP contribution in [0.3, 0.4) is 0 Å². The van der Waals surface area contributed by atoms with Crippen LogP contribution in [0.15, 0.2) is 24.4 Å². The molecule has 0 saturated heterocycles. The molecule has 1 N–H and O–H groups in total. The molecule has 1 saturated carbocycles. The van der Waals surface area contributed by atoms with Crippen LogP contribution >= 0.6 is 0 Å². The molecule has 0 unspecified atom stereocenters. The smallest absolute Gasteiger partial charge is 0.310 e. The van der Waals surface area contributed by atoms with Crippen molar-refractivity contribution in [1.82, 2.24) is 9.88 Å². The lowest BCUT2D eigenvalue weighted by Crippen LogP contribution is -2.40. The van der Waals surface area contributed by atoms with Gasteiger partial charge in [-0.1, -0.05) is 18.9 Å². The average Bonchev–Trinajstić information content (AvgIpc) is 2.87. The van der Waals surface area contributed by atoms with Gasteiger partial charge in [-0.2, -0.15) is 0 Å². The van der Waals surface area contributed by atoms with Crippen LogP contribution in [0, 0.1) is 5.41 Å². The van der Waals surface area contributed by atoms with Crippen molar-refractivity contribution >= 4 is 5.97 Å². The van der Waals surface area contributed by atoms with Crippen LogP contribution in [0.5, 0.6) is 0 Å². The van der Waals surface area contributed by atoms with Gasteiger partial charge in [0.1, 0.15) is 0 Å². The third kappa shape index (κ3) is 3.53. The molecule has 0 aliphatic heterocycles. The molecule has 1 aliphatic rings. The first kappa shape index (κ1) is 14.0. The summed E-state index contributed by atoms with van der Waals surface area (Å²) in [5.74, 6) is -0.630. The number of aromatic nitrogens is 1. The number of rotatable bonds is 6. The number of pyridine rings is 1. The molecule has 104 valence electrons. The van der Waals surface area contributed by atoms with Gasteiger partial charge < -0.3 is 10.0 Å². The first-order valence-corrected chi connectivity index (χ1v) is 6.94. The monoisotopic (exact) mass is 262 g/mol. The minimum Gasteiger partial charge on any atom is -0.481 e. The van der Waals surface area contributed by atoms with Gasteiger partial charge in [0.05, 0.1) is 5.41 Å². The molecule has 1 aliphatic carbocycles. The average molecular weight is 262 g/mol. The first-order chi connectivity index (χ1) is 9.12. The van der Waals surface area contributed by atoms with Gasteiger partial charge in [-0.25, -0.2) is 0 Å². The Labute approximate surface area is 114 Å². The second-order valence-corrected chi connectivity index (χ2v) is 5.60. The minimum atomic E-state index is -0.630. The summed E-state index contributed by atoms with van der Waals surface area (Å²) in [6.45, 7) is 1.50. The quantitative estimate of drug-likeness (QED) is 0.854. The number of nitrogens with zero attached hydrogens (tertiary/aromatic N) is 2. The van der Waals surface area contributed by atoms with E-state index in [1.807, 2.05) is 25.2 Å². The molecule has 1 aromatic heterocycles. The molecule has 19 heavy (non-hydrogen) atoms. The van der Waals surface area contributed by atoms with Gasteiger partial charge >= 0.3 is 5.97 Å². The van der Waals surface area contributed by atoms with E-state index < -0.39 is 11.4 Å². The van der Waals surface area contributed by atoms with Crippen LogP contribution in [0.2, 0.25) is 0 Å². The Bertz CT molecular complexity index is 413. The van der Waals surface area contributed by atoms with E-state index >= 15 is 0 Å². The molecular weight excluding hydrogens is 240 g/mol. The fourth-order valence-corrected chi connectivity index (χ4v) is 2.94. The van der Waals surface area contributed by atoms with E-state index in [1.54, 1.807) is 6.20 Å². The van der Waals surface area contributed by atoms with E-state index in [2.05, 4.69) is 9.88 Å². The van der Waals surface area contributed by atoms with Gasteiger partial charge in [0, 0.05) is 31.4 Å². The fraction of sp³-hybridized carbons (Fsp3) is 0.600. The summed E-state index contributed by atoms with van der Waals surface area (Å²) in [7, 11) is 2.01. The van der Waals surface area contributed by atoms with Crippen LogP contribution in [-0.4, -0.2) is 41.1 Å². The second-order valence-electron chi connectivity index (χ2n) is 5.60. The zero-order valence-corrected chi connectivity index (χ0v) is 11.5. The number of hydrogen-bond donors (Lipinski definition) is 1. The van der Waals surface area contributed by atoms with Gasteiger partial charge in [-0.3, -0.25) is 9.78 Å². The minimum absolute atomic E-state index is 0.515. The highest BCUT2D eigenvalue weighted by Gasteiger charge is 2.41. The van der Waals surface area contributed by atoms with Crippen molar-refractivity contribution in [2.75, 3.05) is 20.1 Å². The highest BCUT2D eigenvalue weighted by Crippen LogP contribution is 2.38. The lowest BCUT2D eigenvalue weighted by atomic mass is 9.86. The molecule has 0 atom stereocenters. The predicted molar refractivity (Wildman–Crippen MR) is 74.0 cm³/mol. The number of hydrogen-bond acceptors (Lipinski definition) is 3. The number of likely N-dealkylation sites (N-methyl/N-ethyl adjacent to an activating group) is 1. The summed E-state index contributed by atoms with van der Waals surface area (Å²) in [6.07, 6.45) is 6.38. The summed E-state index contributed by atoms with van der Waals surface area (Å²) in [4.78, 5) is 17.9. The standard InChI is InChI=1S/C15H22N2O2/c1-17(11-7-13-6-2-5-10-16-13)12-15(14(18)19)8-3-4-9-15/h2,5-6,10H,3-4,7-9,11-12H2,1H3,(H,18,19). The summed E-state index contributed by atoms with van der Waals surface area (Å²) in [5.41, 5.74) is 0.545. The fourth-order valence-electron chi connectivity index (χ4n) is 2.94. The Kier molecular flexibility index (Phi) is 4.53. The third-order valence-electron chi connectivity index (χ3n) is 4.06. The van der Waals surface area contributed by atoms with Crippen molar-refractivity contribution in [3.8, 4) is 0 Å². The van der Waals surface area contributed by atoms with Gasteiger partial charge in [0.15, 0.2) is 0 Å². The molecule has 0 amide bonds. The maximum absolute atomic E-state index is 11.5. The Morgan fingerprint density at radius 3 is 2.74 bits per heavy atom. The number of carboxylic acids is 1. The highest BCUT2D eigenvalue weighted by molar-refractivity contribution is 5.75. The third-order valence-corrected chi connectivity index (χ3v) is 4.06. The topological polar surface area (TPSA) is 53.4 Å². The molecule has 0 aromatic carbocycles. The largest absolute Gasteiger partial charge is 0.481 e. The van der Waals surface area contributed by atoms with Crippen molar-refractivity contribution in [2.24, 2.45) is 5.41 Å². The van der Waals surface area contributed by atoms with Crippen LogP contribution in [0.1, 0.15) is 31.4 Å². The van der Waals surface area contributed by atoms with E-state index in [0.29, 0.717) is 6.54 Å². The van der Waals surface area contributed by atoms with E-state index in [4.69, 9.17) is 0 Å². The van der Waals surface area contributed by atoms with Crippen LogP contribution in [0.25, 0.3) is 0 Å². The SMILES string of the molecule is CN(CCc1ccccn1)CC1(C(=O)O)CCCC1. The van der Waals surface area contributed by atoms with Crippen LogP contribution in [-0.2, 0) is 11.2 Å². The van der Waals surface area contributed by atoms with Gasteiger partial charge in [0.25, 0.3) is 0 Å². The van der Waals surface area contributed by atoms with Crippen molar-refractivity contribution < 1.29 is 9.90 Å². The zero-order valence-electron chi connectivity index (χ0n) is 11.5. The van der Waals surface area contributed by atoms with Crippen LogP contribution in [0.4, 0.5) is 0 Å². The van der Waals surface area contributed by atoms with Gasteiger partial charge in [-0.05, 0) is 32.0 Å². The maximum Gasteiger partial charge on any atom is 0.310 e. The lowest BCUT2D eigenvalue weighted by molar-refractivity contribution is -0.149.